The van der Waals surface area contributed by atoms with Crippen LogP contribution in [0.1, 0.15) is 60.7 Å². The first kappa shape index (κ1) is 11.5. The molecule has 0 radical (unpaired) electrons. The summed E-state index contributed by atoms with van der Waals surface area (Å²) in [4.78, 5) is 15.6. The van der Waals surface area contributed by atoms with Gasteiger partial charge in [-0.05, 0) is 63.2 Å². The molecule has 0 atom stereocenters. The monoisotopic (exact) mass is 261 g/mol. The summed E-state index contributed by atoms with van der Waals surface area (Å²) in [5, 5.41) is 9.13. The normalized spacial score (nSPS) is 39.7. The number of rotatable bonds is 2. The zero-order valence-electron chi connectivity index (χ0n) is 11.2. The number of carbonyl (C=O) groups is 1. The molecule has 4 heteroatoms. The van der Waals surface area contributed by atoms with Crippen LogP contribution in [0, 0.1) is 24.7 Å². The molecule has 4 aliphatic rings. The van der Waals surface area contributed by atoms with Crippen molar-refractivity contribution in [2.45, 2.75) is 50.9 Å². The average Bonchev–Trinajstić information content (AvgIpc) is 2.70. The lowest BCUT2D eigenvalue weighted by atomic mass is 9.49. The van der Waals surface area contributed by atoms with E-state index in [-0.39, 0.29) is 11.2 Å². The van der Waals surface area contributed by atoms with Gasteiger partial charge in [-0.15, -0.1) is 0 Å². The number of carboxylic acids is 1. The fraction of sp³-hybridized carbons (Fsp3) is 0.733. The van der Waals surface area contributed by atoms with E-state index >= 15 is 0 Å². The SMILES string of the molecule is Cc1nc(C23CC4CC(CC(C4)C2)C3)oc1C(=O)O. The van der Waals surface area contributed by atoms with E-state index < -0.39 is 5.97 Å². The van der Waals surface area contributed by atoms with E-state index in [1.165, 1.54) is 19.3 Å². The molecule has 1 N–H and O–H groups in total. The fourth-order valence-corrected chi connectivity index (χ4v) is 5.19. The first-order chi connectivity index (χ1) is 9.06. The number of aryl methyl sites for hydroxylation is 1. The van der Waals surface area contributed by atoms with Gasteiger partial charge in [0.05, 0.1) is 5.69 Å². The Kier molecular flexibility index (Phi) is 2.19. The fourth-order valence-electron chi connectivity index (χ4n) is 5.19. The number of hydrogen-bond donors (Lipinski definition) is 1. The smallest absolute Gasteiger partial charge is 0.373 e. The highest BCUT2D eigenvalue weighted by Gasteiger charge is 2.54. The zero-order valence-corrected chi connectivity index (χ0v) is 11.2. The number of aromatic carboxylic acids is 1. The summed E-state index contributed by atoms with van der Waals surface area (Å²) in [6, 6.07) is 0. The largest absolute Gasteiger partial charge is 0.475 e. The second kappa shape index (κ2) is 3.62. The van der Waals surface area contributed by atoms with Crippen molar-refractivity contribution >= 4 is 5.97 Å². The first-order valence-electron chi connectivity index (χ1n) is 7.27. The van der Waals surface area contributed by atoms with Gasteiger partial charge in [-0.2, -0.15) is 0 Å². The minimum atomic E-state index is -0.999. The van der Waals surface area contributed by atoms with Gasteiger partial charge in [0.15, 0.2) is 0 Å². The van der Waals surface area contributed by atoms with Crippen LogP contribution >= 0.6 is 0 Å². The molecule has 1 heterocycles. The number of hydrogen-bond acceptors (Lipinski definition) is 3. The molecule has 19 heavy (non-hydrogen) atoms. The Morgan fingerprint density at radius 3 is 2.16 bits per heavy atom. The van der Waals surface area contributed by atoms with Crippen LogP contribution in [0.25, 0.3) is 0 Å². The summed E-state index contributed by atoms with van der Waals surface area (Å²) in [5.74, 6) is 2.18. The molecular weight excluding hydrogens is 242 g/mol. The predicted octanol–water partition coefficient (Wildman–Crippen LogP) is 3.15. The number of oxazole rings is 1. The Morgan fingerprint density at radius 2 is 1.74 bits per heavy atom. The van der Waals surface area contributed by atoms with Crippen LogP contribution in [-0.2, 0) is 5.41 Å². The second-order valence-corrected chi connectivity index (χ2v) is 6.94. The maximum atomic E-state index is 11.1. The summed E-state index contributed by atoms with van der Waals surface area (Å²) in [6.07, 6.45) is 7.55. The first-order valence-corrected chi connectivity index (χ1v) is 7.27. The highest BCUT2D eigenvalue weighted by molar-refractivity contribution is 5.85. The van der Waals surface area contributed by atoms with Crippen LogP contribution in [0.5, 0.6) is 0 Å². The van der Waals surface area contributed by atoms with Crippen LogP contribution in [-0.4, -0.2) is 16.1 Å². The minimum Gasteiger partial charge on any atom is -0.475 e. The zero-order chi connectivity index (χ0) is 13.2. The molecule has 4 aliphatic carbocycles. The maximum Gasteiger partial charge on any atom is 0.373 e. The third kappa shape index (κ3) is 1.58. The van der Waals surface area contributed by atoms with Crippen LogP contribution in [0.3, 0.4) is 0 Å². The van der Waals surface area contributed by atoms with Gasteiger partial charge in [0.1, 0.15) is 0 Å². The van der Waals surface area contributed by atoms with Gasteiger partial charge in [0.2, 0.25) is 11.7 Å². The molecule has 4 nitrogen and oxygen atoms in total. The van der Waals surface area contributed by atoms with Gasteiger partial charge in [0, 0.05) is 5.41 Å². The average molecular weight is 261 g/mol. The third-order valence-corrected chi connectivity index (χ3v) is 5.48. The van der Waals surface area contributed by atoms with E-state index in [2.05, 4.69) is 4.98 Å². The third-order valence-electron chi connectivity index (χ3n) is 5.48. The molecule has 1 aromatic heterocycles. The van der Waals surface area contributed by atoms with E-state index in [1.807, 2.05) is 0 Å². The molecule has 0 aromatic carbocycles. The van der Waals surface area contributed by atoms with E-state index in [0.717, 1.165) is 37.0 Å². The number of carboxylic acid groups (broad SMARTS) is 1. The molecule has 1 aromatic rings. The molecule has 5 rings (SSSR count). The van der Waals surface area contributed by atoms with Gasteiger partial charge < -0.3 is 9.52 Å². The molecule has 0 amide bonds. The van der Waals surface area contributed by atoms with Crippen molar-refractivity contribution in [2.75, 3.05) is 0 Å². The Bertz CT molecular complexity index is 510. The Morgan fingerprint density at radius 1 is 1.21 bits per heavy atom. The van der Waals surface area contributed by atoms with E-state index in [0.29, 0.717) is 11.6 Å². The molecule has 102 valence electrons. The van der Waals surface area contributed by atoms with Crippen molar-refractivity contribution in [1.29, 1.82) is 0 Å². The van der Waals surface area contributed by atoms with Crippen LogP contribution in [0.15, 0.2) is 4.42 Å². The lowest BCUT2D eigenvalue weighted by Gasteiger charge is -2.55. The maximum absolute atomic E-state index is 11.1. The van der Waals surface area contributed by atoms with E-state index in [4.69, 9.17) is 9.52 Å². The number of aromatic nitrogens is 1. The van der Waals surface area contributed by atoms with Crippen molar-refractivity contribution in [3.8, 4) is 0 Å². The lowest BCUT2D eigenvalue weighted by Crippen LogP contribution is -2.48. The summed E-state index contributed by atoms with van der Waals surface area (Å²) in [5.41, 5.74) is 0.575. The highest BCUT2D eigenvalue weighted by Crippen LogP contribution is 2.60. The van der Waals surface area contributed by atoms with Crippen LogP contribution < -0.4 is 0 Å². The molecule has 0 saturated heterocycles. The van der Waals surface area contributed by atoms with Gasteiger partial charge >= 0.3 is 5.97 Å². The van der Waals surface area contributed by atoms with Gasteiger partial charge in [-0.1, -0.05) is 0 Å². The number of nitrogens with zero attached hydrogens (tertiary/aromatic N) is 1. The summed E-state index contributed by atoms with van der Waals surface area (Å²) < 4.78 is 5.65. The Hall–Kier alpha value is -1.32. The standard InChI is InChI=1S/C15H19NO3/c1-8-12(13(17)18)19-14(16-8)15-5-9-2-10(6-15)4-11(3-9)7-15/h9-11H,2-7H2,1H3,(H,17,18). The van der Waals surface area contributed by atoms with Crippen molar-refractivity contribution in [1.82, 2.24) is 4.98 Å². The molecule has 0 spiro atoms. The topological polar surface area (TPSA) is 63.3 Å². The van der Waals surface area contributed by atoms with E-state index in [9.17, 15) is 4.79 Å². The van der Waals surface area contributed by atoms with Crippen molar-refractivity contribution in [3.05, 3.63) is 17.3 Å². The molecule has 4 bridgehead atoms. The van der Waals surface area contributed by atoms with Gasteiger partial charge in [-0.3, -0.25) is 0 Å². The molecule has 4 saturated carbocycles. The van der Waals surface area contributed by atoms with E-state index in [1.54, 1.807) is 6.92 Å². The molecule has 4 fully saturated rings. The molecular formula is C15H19NO3. The Balaban J connectivity index is 1.75. The summed E-state index contributed by atoms with van der Waals surface area (Å²) in [6.45, 7) is 1.73. The highest BCUT2D eigenvalue weighted by atomic mass is 16.4. The second-order valence-electron chi connectivity index (χ2n) is 6.94. The lowest BCUT2D eigenvalue weighted by molar-refractivity contribution is -0.0182. The quantitative estimate of drug-likeness (QED) is 0.888. The molecule has 0 unspecified atom stereocenters. The van der Waals surface area contributed by atoms with Gasteiger partial charge in [0.25, 0.3) is 0 Å². The van der Waals surface area contributed by atoms with Gasteiger partial charge in [-0.25, -0.2) is 9.78 Å². The van der Waals surface area contributed by atoms with Crippen LogP contribution in [0.2, 0.25) is 0 Å². The van der Waals surface area contributed by atoms with Crippen molar-refractivity contribution in [2.24, 2.45) is 17.8 Å². The van der Waals surface area contributed by atoms with Crippen molar-refractivity contribution < 1.29 is 14.3 Å². The summed E-state index contributed by atoms with van der Waals surface area (Å²) in [7, 11) is 0. The summed E-state index contributed by atoms with van der Waals surface area (Å²) >= 11 is 0. The molecule has 0 aliphatic heterocycles. The minimum absolute atomic E-state index is 0.0331. The predicted molar refractivity (Wildman–Crippen MR) is 68.0 cm³/mol. The van der Waals surface area contributed by atoms with Crippen LogP contribution in [0.4, 0.5) is 0 Å². The van der Waals surface area contributed by atoms with Crippen molar-refractivity contribution in [3.63, 3.8) is 0 Å². The Labute approximate surface area is 112 Å².